The van der Waals surface area contributed by atoms with Crippen LogP contribution in [0.5, 0.6) is 0 Å². The van der Waals surface area contributed by atoms with E-state index in [1.165, 1.54) is 0 Å². The molecule has 0 bridgehead atoms. The fraction of sp³-hybridized carbons (Fsp3) is 0.300. The molecule has 0 saturated carbocycles. The summed E-state index contributed by atoms with van der Waals surface area (Å²) < 4.78 is 11.2. The minimum absolute atomic E-state index is 0.346. The van der Waals surface area contributed by atoms with Crippen molar-refractivity contribution in [1.29, 1.82) is 0 Å². The molecule has 14 heavy (non-hydrogen) atoms. The normalized spacial score (nSPS) is 14.9. The Kier molecular flexibility index (Phi) is 2.93. The summed E-state index contributed by atoms with van der Waals surface area (Å²) in [7, 11) is -3.66. The third kappa shape index (κ3) is 2.11. The molecule has 0 aliphatic rings. The van der Waals surface area contributed by atoms with Crippen molar-refractivity contribution in [2.45, 2.75) is 13.8 Å². The Bertz CT molecular complexity index is 417. The lowest BCUT2D eigenvalue weighted by molar-refractivity contribution is 0.106. The van der Waals surface area contributed by atoms with E-state index < -0.39 is 12.9 Å². The predicted octanol–water partition coefficient (Wildman–Crippen LogP) is 2.34. The van der Waals surface area contributed by atoms with Crippen molar-refractivity contribution in [2.75, 3.05) is 6.66 Å². The highest BCUT2D eigenvalue weighted by Crippen LogP contribution is 2.40. The van der Waals surface area contributed by atoms with Gasteiger partial charge in [0.2, 0.25) is 5.52 Å². The van der Waals surface area contributed by atoms with E-state index in [-0.39, 0.29) is 0 Å². The van der Waals surface area contributed by atoms with Crippen LogP contribution in [0.25, 0.3) is 0 Å². The van der Waals surface area contributed by atoms with Crippen LogP contribution in [0, 0.1) is 13.8 Å². The molecule has 4 heteroatoms. The summed E-state index contributed by atoms with van der Waals surface area (Å²) in [5, 5.41) is 0. The first-order chi connectivity index (χ1) is 6.34. The van der Waals surface area contributed by atoms with Crippen molar-refractivity contribution < 1.29 is 14.3 Å². The maximum atomic E-state index is 11.5. The van der Waals surface area contributed by atoms with Gasteiger partial charge in [0.15, 0.2) is 0 Å². The molecule has 1 rings (SSSR count). The number of hydrogen-bond acceptors (Lipinski definition) is 2. The third-order valence-electron chi connectivity index (χ3n) is 2.21. The molecular weight excluding hydrogens is 199 g/mol. The van der Waals surface area contributed by atoms with Crippen molar-refractivity contribution in [3.05, 3.63) is 34.9 Å². The molecule has 0 fully saturated rings. The highest BCUT2D eigenvalue weighted by atomic mass is 31.2. The summed E-state index contributed by atoms with van der Waals surface area (Å²) in [4.78, 5) is 20.7. The maximum Gasteiger partial charge on any atom is 0.266 e. The van der Waals surface area contributed by atoms with Gasteiger partial charge < -0.3 is 4.89 Å². The molecule has 1 atom stereocenters. The topological polar surface area (TPSA) is 54.4 Å². The second-order valence-corrected chi connectivity index (χ2v) is 5.60. The molecule has 0 saturated heterocycles. The molecule has 76 valence electrons. The van der Waals surface area contributed by atoms with Crippen molar-refractivity contribution in [3.8, 4) is 0 Å². The lowest BCUT2D eigenvalue weighted by atomic mass is 10.0. The average Bonchev–Trinajstić information content (AvgIpc) is 2.07. The van der Waals surface area contributed by atoms with E-state index in [2.05, 4.69) is 0 Å². The van der Waals surface area contributed by atoms with E-state index in [9.17, 15) is 9.36 Å². The van der Waals surface area contributed by atoms with E-state index in [4.69, 9.17) is 4.89 Å². The van der Waals surface area contributed by atoms with Crippen LogP contribution in [0.15, 0.2) is 18.2 Å². The van der Waals surface area contributed by atoms with E-state index >= 15 is 0 Å². The summed E-state index contributed by atoms with van der Waals surface area (Å²) in [5.41, 5.74) is 1.40. The highest BCUT2D eigenvalue weighted by molar-refractivity contribution is 7.75. The summed E-state index contributed by atoms with van der Waals surface area (Å²) >= 11 is 0. The number of hydrogen-bond donors (Lipinski definition) is 1. The fourth-order valence-electron chi connectivity index (χ4n) is 1.21. The van der Waals surface area contributed by atoms with Gasteiger partial charge in [0.05, 0.1) is 0 Å². The van der Waals surface area contributed by atoms with Crippen LogP contribution in [0.3, 0.4) is 0 Å². The van der Waals surface area contributed by atoms with Crippen LogP contribution >= 0.6 is 7.37 Å². The Morgan fingerprint density at radius 2 is 1.93 bits per heavy atom. The van der Waals surface area contributed by atoms with Gasteiger partial charge in [-0.25, -0.2) is 0 Å². The first-order valence-electron chi connectivity index (χ1n) is 4.25. The average molecular weight is 212 g/mol. The molecule has 0 spiro atoms. The van der Waals surface area contributed by atoms with Crippen LogP contribution in [-0.4, -0.2) is 17.1 Å². The molecule has 0 amide bonds. The molecule has 1 aromatic rings. The van der Waals surface area contributed by atoms with Crippen LogP contribution in [0.1, 0.15) is 21.5 Å². The Hall–Kier alpha value is -0.920. The van der Waals surface area contributed by atoms with Gasteiger partial charge in [0.1, 0.15) is 0 Å². The van der Waals surface area contributed by atoms with Gasteiger partial charge in [-0.2, -0.15) is 0 Å². The zero-order valence-corrected chi connectivity index (χ0v) is 9.34. The van der Waals surface area contributed by atoms with Gasteiger partial charge in [-0.05, 0) is 25.0 Å². The van der Waals surface area contributed by atoms with Gasteiger partial charge in [0.25, 0.3) is 7.37 Å². The molecule has 0 radical (unpaired) electrons. The second kappa shape index (κ2) is 3.68. The zero-order valence-electron chi connectivity index (χ0n) is 8.44. The Morgan fingerprint density at radius 3 is 2.43 bits per heavy atom. The smallest absolute Gasteiger partial charge is 0.266 e. The quantitative estimate of drug-likeness (QED) is 0.765. The zero-order chi connectivity index (χ0) is 10.9. The van der Waals surface area contributed by atoms with E-state index in [1.807, 2.05) is 13.0 Å². The highest BCUT2D eigenvalue weighted by Gasteiger charge is 2.25. The fourth-order valence-corrected chi connectivity index (χ4v) is 1.90. The maximum absolute atomic E-state index is 11.5. The Balaban J connectivity index is 3.28. The molecule has 1 unspecified atom stereocenters. The van der Waals surface area contributed by atoms with Crippen LogP contribution in [0.4, 0.5) is 0 Å². The first-order valence-corrected chi connectivity index (χ1v) is 6.36. The summed E-state index contributed by atoms with van der Waals surface area (Å²) in [6.45, 7) is 4.71. The standard InChI is InChI=1S/C10H13O3P/c1-7-5-4-6-9(8(7)2)10(11)14(3,12)13/h4-6H,1-3H3,(H,12,13). The second-order valence-electron chi connectivity index (χ2n) is 3.43. The molecule has 0 aliphatic heterocycles. The Labute approximate surface area is 83.2 Å². The van der Waals surface area contributed by atoms with Crippen LogP contribution < -0.4 is 0 Å². The third-order valence-corrected chi connectivity index (χ3v) is 3.21. The van der Waals surface area contributed by atoms with Crippen LogP contribution in [0.2, 0.25) is 0 Å². The van der Waals surface area contributed by atoms with Crippen LogP contribution in [-0.2, 0) is 4.57 Å². The van der Waals surface area contributed by atoms with Crippen molar-refractivity contribution in [1.82, 2.24) is 0 Å². The van der Waals surface area contributed by atoms with Crippen molar-refractivity contribution >= 4 is 12.9 Å². The number of aryl methyl sites for hydroxylation is 1. The number of carbonyl (C=O) groups excluding carboxylic acids is 1. The van der Waals surface area contributed by atoms with Gasteiger partial charge in [-0.3, -0.25) is 9.36 Å². The summed E-state index contributed by atoms with van der Waals surface area (Å²) in [6, 6.07) is 5.16. The summed E-state index contributed by atoms with van der Waals surface area (Å²) in [5.74, 6) is 0. The largest absolute Gasteiger partial charge is 0.339 e. The molecule has 0 aliphatic carbocycles. The Morgan fingerprint density at radius 1 is 1.36 bits per heavy atom. The number of carbonyl (C=O) groups is 1. The lowest BCUT2D eigenvalue weighted by Crippen LogP contribution is -2.02. The molecule has 1 N–H and O–H groups in total. The molecule has 3 nitrogen and oxygen atoms in total. The molecular formula is C10H13O3P. The molecule has 1 aromatic carbocycles. The van der Waals surface area contributed by atoms with Gasteiger partial charge >= 0.3 is 0 Å². The molecule has 0 heterocycles. The van der Waals surface area contributed by atoms with Crippen molar-refractivity contribution in [2.24, 2.45) is 0 Å². The van der Waals surface area contributed by atoms with E-state index in [0.29, 0.717) is 5.56 Å². The van der Waals surface area contributed by atoms with E-state index in [1.54, 1.807) is 19.1 Å². The summed E-state index contributed by atoms with van der Waals surface area (Å²) in [6.07, 6.45) is 0. The van der Waals surface area contributed by atoms with Gasteiger partial charge in [0, 0.05) is 12.2 Å². The predicted molar refractivity (Wildman–Crippen MR) is 56.0 cm³/mol. The minimum atomic E-state index is -3.66. The number of rotatable bonds is 2. The minimum Gasteiger partial charge on any atom is -0.339 e. The van der Waals surface area contributed by atoms with Gasteiger partial charge in [-0.15, -0.1) is 0 Å². The monoisotopic (exact) mass is 212 g/mol. The first kappa shape index (κ1) is 11.2. The lowest BCUT2D eigenvalue weighted by Gasteiger charge is -2.08. The van der Waals surface area contributed by atoms with E-state index in [0.717, 1.165) is 17.8 Å². The van der Waals surface area contributed by atoms with Crippen molar-refractivity contribution in [3.63, 3.8) is 0 Å². The number of benzene rings is 1. The van der Waals surface area contributed by atoms with Gasteiger partial charge in [-0.1, -0.05) is 18.2 Å². The SMILES string of the molecule is Cc1cccc(C(=O)P(C)(=O)O)c1C. The molecule has 0 aromatic heterocycles.